The second-order valence-electron chi connectivity index (χ2n) is 6.52. The first-order chi connectivity index (χ1) is 13.0. The molecule has 27 heavy (non-hydrogen) atoms. The van der Waals surface area contributed by atoms with E-state index in [2.05, 4.69) is 20.3 Å². The number of aromatic nitrogens is 2. The molecule has 0 aromatic carbocycles. The van der Waals surface area contributed by atoms with E-state index in [1.54, 1.807) is 12.3 Å². The van der Waals surface area contributed by atoms with Crippen LogP contribution in [-0.4, -0.2) is 22.2 Å². The molecule has 0 saturated heterocycles. The van der Waals surface area contributed by atoms with Crippen molar-refractivity contribution in [1.29, 1.82) is 0 Å². The topological polar surface area (TPSA) is 93.3 Å². The van der Waals surface area contributed by atoms with Crippen LogP contribution < -0.4 is 11.1 Å². The third-order valence-electron chi connectivity index (χ3n) is 4.61. The van der Waals surface area contributed by atoms with E-state index in [4.69, 9.17) is 5.73 Å². The first kappa shape index (κ1) is 18.6. The third-order valence-corrected chi connectivity index (χ3v) is 4.61. The molecule has 2 aromatic heterocycles. The lowest BCUT2D eigenvalue weighted by Gasteiger charge is -1.98. The van der Waals surface area contributed by atoms with Crippen molar-refractivity contribution in [2.45, 2.75) is 25.2 Å². The maximum Gasteiger partial charge on any atom is 0.234 e. The van der Waals surface area contributed by atoms with Crippen LogP contribution in [-0.2, 0) is 4.79 Å². The molecule has 2 aliphatic carbocycles. The Balaban J connectivity index is 0.000000196. The number of amides is 1. The number of nitrogens with two attached hydrogens (primary N) is 1. The van der Waals surface area contributed by atoms with Gasteiger partial charge in [0.25, 0.3) is 0 Å². The SMILES string of the molecule is Fc1cccnc1[C@H]1CC12CC2.NC(/C=C\Nc1cncc(F)c1)=NC=O.[HH]. The summed E-state index contributed by atoms with van der Waals surface area (Å²) in [5.41, 5.74) is 6.97. The minimum atomic E-state index is -0.442. The summed E-state index contributed by atoms with van der Waals surface area (Å²) in [6.45, 7) is 0. The zero-order chi connectivity index (χ0) is 19.3. The van der Waals surface area contributed by atoms with Crippen LogP contribution in [0.1, 0.15) is 32.3 Å². The number of hydrogen-bond acceptors (Lipinski definition) is 4. The minimum absolute atomic E-state index is 0. The van der Waals surface area contributed by atoms with Crippen LogP contribution in [0.15, 0.2) is 54.1 Å². The van der Waals surface area contributed by atoms with Crippen LogP contribution in [0.3, 0.4) is 0 Å². The summed E-state index contributed by atoms with van der Waals surface area (Å²) in [4.78, 5) is 20.9. The van der Waals surface area contributed by atoms with E-state index >= 15 is 0 Å². The van der Waals surface area contributed by atoms with Crippen molar-refractivity contribution >= 4 is 17.9 Å². The predicted octanol–water partition coefficient (Wildman–Crippen LogP) is 3.39. The van der Waals surface area contributed by atoms with E-state index in [-0.39, 0.29) is 13.1 Å². The molecular formula is C19H21F2N5O. The number of amidine groups is 1. The molecule has 1 atom stereocenters. The van der Waals surface area contributed by atoms with Gasteiger partial charge in [0, 0.05) is 25.8 Å². The van der Waals surface area contributed by atoms with Gasteiger partial charge in [-0.3, -0.25) is 14.8 Å². The summed E-state index contributed by atoms with van der Waals surface area (Å²) >= 11 is 0. The average molecular weight is 373 g/mol. The number of carbonyl (C=O) groups is 1. The monoisotopic (exact) mass is 373 g/mol. The molecule has 2 fully saturated rings. The zero-order valence-electron chi connectivity index (χ0n) is 14.5. The molecule has 2 aromatic rings. The number of nitrogens with zero attached hydrogens (tertiary/aromatic N) is 3. The van der Waals surface area contributed by atoms with Gasteiger partial charge in [-0.1, -0.05) is 0 Å². The summed E-state index contributed by atoms with van der Waals surface area (Å²) in [6, 6.07) is 4.43. The molecule has 3 N–H and O–H groups in total. The van der Waals surface area contributed by atoms with Gasteiger partial charge in [0.1, 0.15) is 17.5 Å². The van der Waals surface area contributed by atoms with Crippen LogP contribution in [0.25, 0.3) is 0 Å². The smallest absolute Gasteiger partial charge is 0.234 e. The van der Waals surface area contributed by atoms with Crippen LogP contribution >= 0.6 is 0 Å². The van der Waals surface area contributed by atoms with Gasteiger partial charge in [-0.25, -0.2) is 8.78 Å². The van der Waals surface area contributed by atoms with Crippen molar-refractivity contribution in [2.75, 3.05) is 5.32 Å². The molecule has 2 heterocycles. The molecule has 0 bridgehead atoms. The Bertz CT molecular complexity index is 886. The fourth-order valence-electron chi connectivity index (χ4n) is 2.92. The van der Waals surface area contributed by atoms with E-state index in [1.165, 1.54) is 49.9 Å². The largest absolute Gasteiger partial charge is 0.384 e. The van der Waals surface area contributed by atoms with Gasteiger partial charge in [-0.15, -0.1) is 0 Å². The average Bonchev–Trinajstić information content (AvgIpc) is 3.56. The highest BCUT2D eigenvalue weighted by atomic mass is 19.1. The van der Waals surface area contributed by atoms with Crippen molar-refractivity contribution in [3.05, 3.63) is 66.4 Å². The number of carbonyl (C=O) groups excluding carboxylic acids is 1. The highest BCUT2D eigenvalue weighted by molar-refractivity contribution is 5.95. The Morgan fingerprint density at radius 2 is 2.22 bits per heavy atom. The van der Waals surface area contributed by atoms with Crippen molar-refractivity contribution < 1.29 is 15.0 Å². The van der Waals surface area contributed by atoms with E-state index in [9.17, 15) is 13.6 Å². The molecular weight excluding hydrogens is 352 g/mol. The quantitative estimate of drug-likeness (QED) is 0.476. The van der Waals surface area contributed by atoms with Crippen molar-refractivity contribution in [3.63, 3.8) is 0 Å². The fraction of sp³-hybridized carbons (Fsp3) is 0.263. The Morgan fingerprint density at radius 1 is 1.41 bits per heavy atom. The highest BCUT2D eigenvalue weighted by Gasteiger charge is 2.64. The van der Waals surface area contributed by atoms with E-state index < -0.39 is 5.82 Å². The Kier molecular flexibility index (Phi) is 5.54. The summed E-state index contributed by atoms with van der Waals surface area (Å²) in [7, 11) is 0. The van der Waals surface area contributed by atoms with E-state index in [1.807, 2.05) is 0 Å². The summed E-state index contributed by atoms with van der Waals surface area (Å²) in [5.74, 6) is -0.0604. The first-order valence-corrected chi connectivity index (χ1v) is 8.45. The number of nitrogens with one attached hydrogen (secondary N) is 1. The van der Waals surface area contributed by atoms with Crippen LogP contribution in [0.5, 0.6) is 0 Å². The van der Waals surface area contributed by atoms with Gasteiger partial charge in [0.05, 0.1) is 23.8 Å². The van der Waals surface area contributed by atoms with E-state index in [0.29, 0.717) is 29.1 Å². The Morgan fingerprint density at radius 3 is 2.85 bits per heavy atom. The van der Waals surface area contributed by atoms with Gasteiger partial charge < -0.3 is 11.1 Å². The molecule has 1 amide bonds. The summed E-state index contributed by atoms with van der Waals surface area (Å²) < 4.78 is 25.8. The number of hydrogen-bond donors (Lipinski definition) is 2. The molecule has 8 heteroatoms. The van der Waals surface area contributed by atoms with Gasteiger partial charge in [-0.05, 0) is 42.9 Å². The second-order valence-corrected chi connectivity index (χ2v) is 6.52. The Labute approximate surface area is 156 Å². The lowest BCUT2D eigenvalue weighted by molar-refractivity contribution is -0.106. The van der Waals surface area contributed by atoms with Crippen molar-refractivity contribution in [2.24, 2.45) is 16.1 Å². The lowest BCUT2D eigenvalue weighted by atomic mass is 10.2. The number of aliphatic imine (C=N–C) groups is 1. The van der Waals surface area contributed by atoms with Crippen LogP contribution in [0, 0.1) is 17.0 Å². The lowest BCUT2D eigenvalue weighted by Crippen LogP contribution is -2.08. The molecule has 4 rings (SSSR count). The summed E-state index contributed by atoms with van der Waals surface area (Å²) in [5, 5.41) is 2.71. The molecule has 142 valence electrons. The second kappa shape index (κ2) is 8.03. The van der Waals surface area contributed by atoms with Gasteiger partial charge in [0.15, 0.2) is 0 Å². The normalized spacial score (nSPS) is 19.3. The zero-order valence-corrected chi connectivity index (χ0v) is 14.5. The maximum absolute atomic E-state index is 13.2. The number of pyridine rings is 2. The van der Waals surface area contributed by atoms with E-state index in [0.717, 1.165) is 6.20 Å². The molecule has 0 unspecified atom stereocenters. The van der Waals surface area contributed by atoms with Crippen LogP contribution in [0.4, 0.5) is 14.5 Å². The molecule has 0 aliphatic heterocycles. The maximum atomic E-state index is 13.2. The molecule has 2 aliphatic rings. The molecule has 6 nitrogen and oxygen atoms in total. The number of anilines is 1. The highest BCUT2D eigenvalue weighted by Crippen LogP contribution is 2.74. The minimum Gasteiger partial charge on any atom is -0.384 e. The molecule has 1 spiro atoms. The van der Waals surface area contributed by atoms with Gasteiger partial charge in [0.2, 0.25) is 6.41 Å². The fourth-order valence-corrected chi connectivity index (χ4v) is 2.92. The predicted molar refractivity (Wildman–Crippen MR) is 100.0 cm³/mol. The molecule has 0 radical (unpaired) electrons. The van der Waals surface area contributed by atoms with Crippen LogP contribution in [0.2, 0.25) is 0 Å². The third kappa shape index (κ3) is 4.93. The number of halogens is 2. The van der Waals surface area contributed by atoms with Gasteiger partial charge >= 0.3 is 0 Å². The number of rotatable bonds is 5. The van der Waals surface area contributed by atoms with Gasteiger partial charge in [-0.2, -0.15) is 4.99 Å². The first-order valence-electron chi connectivity index (χ1n) is 8.45. The van der Waals surface area contributed by atoms with Crippen molar-refractivity contribution in [3.8, 4) is 0 Å². The van der Waals surface area contributed by atoms with Crippen molar-refractivity contribution in [1.82, 2.24) is 9.97 Å². The summed E-state index contributed by atoms with van der Waals surface area (Å²) in [6.07, 6.45) is 11.1. The Hall–Kier alpha value is -3.16. The standard InChI is InChI=1S/C10H10FN.C9H9FN4O.H2/c11-8-2-1-5-12-9(8)7-6-10(7)3-4-10;10-7-3-8(5-12-4-7)13-2-1-9(11)14-6-15;/h1-2,5,7H,3-4,6H2;1-6,13H,(H2,11,14,15);1H/b;2-1-;/t7-;;/m1../s1. The molecule has 2 saturated carbocycles.